The monoisotopic (exact) mass is 463 g/mol. The standard InChI is InChI=1S/C33H25N3/c1-33(2)26-12-6-8-14-29(26)36(30-15-9-7-13-27(30)33)28-19-21-35-32-25(28)17-16-24-23(18-20-34-31(24)32)22-10-4-3-5-11-22/h3-21H,1-2H3. The molecule has 6 aromatic rings. The number of pyridine rings is 2. The lowest BCUT2D eigenvalue weighted by atomic mass is 9.73. The molecule has 172 valence electrons. The first-order valence-corrected chi connectivity index (χ1v) is 12.4. The van der Waals surface area contributed by atoms with Crippen LogP contribution in [-0.4, -0.2) is 9.97 Å². The van der Waals surface area contributed by atoms with Crippen LogP contribution in [0.25, 0.3) is 32.9 Å². The summed E-state index contributed by atoms with van der Waals surface area (Å²) in [4.78, 5) is 12.1. The molecule has 0 aliphatic carbocycles. The fourth-order valence-corrected chi connectivity index (χ4v) is 5.81. The molecule has 4 aromatic carbocycles. The SMILES string of the molecule is CC1(C)c2ccccc2N(c2ccnc3c2ccc2c(-c4ccccc4)ccnc23)c2ccccc21. The quantitative estimate of drug-likeness (QED) is 0.241. The van der Waals surface area contributed by atoms with Gasteiger partial charge in [-0.1, -0.05) is 86.6 Å². The number of benzene rings is 4. The van der Waals surface area contributed by atoms with E-state index in [9.17, 15) is 0 Å². The highest BCUT2D eigenvalue weighted by Crippen LogP contribution is 2.52. The summed E-state index contributed by atoms with van der Waals surface area (Å²) in [5.74, 6) is 0. The van der Waals surface area contributed by atoms with E-state index in [1.54, 1.807) is 0 Å². The van der Waals surface area contributed by atoms with Crippen molar-refractivity contribution >= 4 is 38.9 Å². The lowest BCUT2D eigenvalue weighted by molar-refractivity contribution is 0.632. The molecule has 0 spiro atoms. The molecule has 0 unspecified atom stereocenters. The Bertz CT molecular complexity index is 1720. The van der Waals surface area contributed by atoms with E-state index in [2.05, 4.69) is 116 Å². The normalized spacial score (nSPS) is 14.0. The Labute approximate surface area is 210 Å². The van der Waals surface area contributed by atoms with Crippen molar-refractivity contribution in [2.24, 2.45) is 0 Å². The summed E-state index contributed by atoms with van der Waals surface area (Å²) in [7, 11) is 0. The highest BCUT2D eigenvalue weighted by atomic mass is 15.2. The van der Waals surface area contributed by atoms with Crippen LogP contribution in [0.4, 0.5) is 17.1 Å². The van der Waals surface area contributed by atoms with Gasteiger partial charge in [0.05, 0.1) is 28.1 Å². The average molecular weight is 464 g/mol. The van der Waals surface area contributed by atoms with Crippen LogP contribution in [0.3, 0.4) is 0 Å². The predicted molar refractivity (Wildman–Crippen MR) is 149 cm³/mol. The Morgan fingerprint density at radius 3 is 1.78 bits per heavy atom. The molecular formula is C33H25N3. The smallest absolute Gasteiger partial charge is 0.0985 e. The van der Waals surface area contributed by atoms with E-state index in [-0.39, 0.29) is 5.41 Å². The molecule has 1 aliphatic rings. The molecule has 3 heteroatoms. The highest BCUT2D eigenvalue weighted by Gasteiger charge is 2.36. The minimum absolute atomic E-state index is 0.0919. The Hall–Kier alpha value is -4.50. The van der Waals surface area contributed by atoms with Crippen molar-refractivity contribution in [1.29, 1.82) is 0 Å². The van der Waals surface area contributed by atoms with E-state index in [0.29, 0.717) is 0 Å². The van der Waals surface area contributed by atoms with Crippen molar-refractivity contribution < 1.29 is 0 Å². The molecule has 0 radical (unpaired) electrons. The van der Waals surface area contributed by atoms with E-state index in [1.165, 1.54) is 33.6 Å². The van der Waals surface area contributed by atoms with Crippen molar-refractivity contribution in [3.63, 3.8) is 0 Å². The zero-order valence-electron chi connectivity index (χ0n) is 20.3. The molecular weight excluding hydrogens is 438 g/mol. The van der Waals surface area contributed by atoms with Gasteiger partial charge in [0.2, 0.25) is 0 Å². The minimum Gasteiger partial charge on any atom is -0.309 e. The van der Waals surface area contributed by atoms with Crippen LogP contribution in [-0.2, 0) is 5.41 Å². The van der Waals surface area contributed by atoms with Gasteiger partial charge in [-0.25, -0.2) is 0 Å². The van der Waals surface area contributed by atoms with Crippen molar-refractivity contribution in [3.8, 4) is 11.1 Å². The summed E-state index contributed by atoms with van der Waals surface area (Å²) < 4.78 is 0. The molecule has 36 heavy (non-hydrogen) atoms. The number of aromatic nitrogens is 2. The first-order valence-electron chi connectivity index (χ1n) is 12.4. The molecule has 1 aliphatic heterocycles. The summed E-state index contributed by atoms with van der Waals surface area (Å²) in [6, 6.07) is 36.6. The second kappa shape index (κ2) is 7.76. The van der Waals surface area contributed by atoms with Crippen molar-refractivity contribution in [1.82, 2.24) is 9.97 Å². The summed E-state index contributed by atoms with van der Waals surface area (Å²) in [6.07, 6.45) is 3.81. The van der Waals surface area contributed by atoms with Crippen LogP contribution in [0.5, 0.6) is 0 Å². The van der Waals surface area contributed by atoms with Gasteiger partial charge in [0.25, 0.3) is 0 Å². The number of hydrogen-bond donors (Lipinski definition) is 0. The molecule has 0 fully saturated rings. The zero-order valence-corrected chi connectivity index (χ0v) is 20.3. The van der Waals surface area contributed by atoms with E-state index >= 15 is 0 Å². The summed E-state index contributed by atoms with van der Waals surface area (Å²) in [5.41, 5.74) is 10.3. The van der Waals surface area contributed by atoms with E-state index in [1.807, 2.05) is 18.5 Å². The Morgan fingerprint density at radius 1 is 0.528 bits per heavy atom. The summed E-state index contributed by atoms with van der Waals surface area (Å²) in [5, 5.41) is 2.20. The number of fused-ring (bicyclic) bond motifs is 5. The van der Waals surface area contributed by atoms with Gasteiger partial charge in [-0.2, -0.15) is 0 Å². The van der Waals surface area contributed by atoms with Gasteiger partial charge in [-0.3, -0.25) is 9.97 Å². The van der Waals surface area contributed by atoms with E-state index < -0.39 is 0 Å². The van der Waals surface area contributed by atoms with Gasteiger partial charge < -0.3 is 4.90 Å². The molecule has 0 saturated carbocycles. The van der Waals surface area contributed by atoms with Crippen LogP contribution in [0.15, 0.2) is 116 Å². The highest BCUT2D eigenvalue weighted by molar-refractivity contribution is 6.12. The fraction of sp³-hybridized carbons (Fsp3) is 0.0909. The fourth-order valence-electron chi connectivity index (χ4n) is 5.81. The van der Waals surface area contributed by atoms with Crippen molar-refractivity contribution in [2.75, 3.05) is 4.90 Å². The van der Waals surface area contributed by atoms with Gasteiger partial charge in [-0.15, -0.1) is 0 Å². The van der Waals surface area contributed by atoms with Crippen LogP contribution >= 0.6 is 0 Å². The summed E-state index contributed by atoms with van der Waals surface area (Å²) >= 11 is 0. The van der Waals surface area contributed by atoms with Crippen molar-refractivity contribution in [2.45, 2.75) is 19.3 Å². The molecule has 2 aromatic heterocycles. The number of para-hydroxylation sites is 2. The van der Waals surface area contributed by atoms with Gasteiger partial charge in [-0.05, 0) is 52.6 Å². The van der Waals surface area contributed by atoms with Gasteiger partial charge in [0, 0.05) is 28.6 Å². The third-order valence-electron chi connectivity index (χ3n) is 7.56. The molecule has 3 heterocycles. The topological polar surface area (TPSA) is 29.0 Å². The predicted octanol–water partition coefficient (Wildman–Crippen LogP) is 8.56. The molecule has 7 rings (SSSR count). The van der Waals surface area contributed by atoms with Gasteiger partial charge >= 0.3 is 0 Å². The zero-order chi connectivity index (χ0) is 24.3. The van der Waals surface area contributed by atoms with Crippen LogP contribution in [0.2, 0.25) is 0 Å². The molecule has 0 atom stereocenters. The maximum Gasteiger partial charge on any atom is 0.0985 e. The van der Waals surface area contributed by atoms with Crippen LogP contribution in [0.1, 0.15) is 25.0 Å². The van der Waals surface area contributed by atoms with Gasteiger partial charge in [0.1, 0.15) is 0 Å². The first-order chi connectivity index (χ1) is 17.6. The third kappa shape index (κ3) is 2.93. The van der Waals surface area contributed by atoms with Crippen LogP contribution in [0, 0.1) is 0 Å². The second-order valence-electron chi connectivity index (χ2n) is 9.91. The number of anilines is 3. The van der Waals surface area contributed by atoms with Gasteiger partial charge in [0.15, 0.2) is 0 Å². The molecule has 0 N–H and O–H groups in total. The van der Waals surface area contributed by atoms with Crippen LogP contribution < -0.4 is 4.90 Å². The maximum atomic E-state index is 4.85. The first kappa shape index (κ1) is 20.8. The number of nitrogens with zero attached hydrogens (tertiary/aromatic N) is 3. The number of hydrogen-bond acceptors (Lipinski definition) is 3. The van der Waals surface area contributed by atoms with Crippen molar-refractivity contribution in [3.05, 3.63) is 127 Å². The molecule has 0 amide bonds. The Balaban J connectivity index is 1.52. The Kier molecular flexibility index (Phi) is 4.49. The Morgan fingerprint density at radius 2 is 1.08 bits per heavy atom. The maximum absolute atomic E-state index is 4.85. The molecule has 0 bridgehead atoms. The minimum atomic E-state index is -0.0919. The largest absolute Gasteiger partial charge is 0.309 e. The summed E-state index contributed by atoms with van der Waals surface area (Å²) in [6.45, 7) is 4.63. The lowest BCUT2D eigenvalue weighted by Crippen LogP contribution is -2.30. The van der Waals surface area contributed by atoms with E-state index in [4.69, 9.17) is 9.97 Å². The number of rotatable bonds is 2. The average Bonchev–Trinajstić information content (AvgIpc) is 2.93. The molecule has 3 nitrogen and oxygen atoms in total. The third-order valence-corrected chi connectivity index (χ3v) is 7.56. The lowest BCUT2D eigenvalue weighted by Gasteiger charge is -2.42. The second-order valence-corrected chi connectivity index (χ2v) is 9.91. The molecule has 0 saturated heterocycles. The van der Waals surface area contributed by atoms with E-state index in [0.717, 1.165) is 27.5 Å².